The third kappa shape index (κ3) is 6.49. The maximum absolute atomic E-state index is 15.1. The minimum absolute atomic E-state index is 0.00165. The van der Waals surface area contributed by atoms with Crippen LogP contribution in [0.1, 0.15) is 74.5 Å². The molecule has 0 aliphatic heterocycles. The lowest BCUT2D eigenvalue weighted by Gasteiger charge is -2.29. The van der Waals surface area contributed by atoms with Crippen LogP contribution in [0.4, 0.5) is 26.3 Å². The number of halogens is 6. The van der Waals surface area contributed by atoms with Gasteiger partial charge in [-0.05, 0) is 79.0 Å². The van der Waals surface area contributed by atoms with E-state index >= 15 is 8.78 Å². The highest BCUT2D eigenvalue weighted by atomic mass is 19.4. The highest BCUT2D eigenvalue weighted by Gasteiger charge is 2.36. The predicted octanol–water partition coefficient (Wildman–Crippen LogP) is 10.1. The number of rotatable bonds is 8. The molecule has 198 valence electrons. The predicted molar refractivity (Wildman–Crippen MR) is 132 cm³/mol. The van der Waals surface area contributed by atoms with Crippen LogP contribution in [0, 0.1) is 11.7 Å². The van der Waals surface area contributed by atoms with Gasteiger partial charge in [-0.2, -0.15) is 22.0 Å². The van der Waals surface area contributed by atoms with E-state index in [1.807, 2.05) is 0 Å². The van der Waals surface area contributed by atoms with Crippen molar-refractivity contribution in [3.63, 3.8) is 0 Å². The highest BCUT2D eigenvalue weighted by Crippen LogP contribution is 2.41. The maximum atomic E-state index is 15.1. The molecule has 1 aliphatic rings. The van der Waals surface area contributed by atoms with Crippen LogP contribution in [0.25, 0.3) is 11.1 Å². The van der Waals surface area contributed by atoms with Gasteiger partial charge in [0.15, 0.2) is 0 Å². The summed E-state index contributed by atoms with van der Waals surface area (Å²) >= 11 is 0. The highest BCUT2D eigenvalue weighted by molar-refractivity contribution is 5.70. The summed E-state index contributed by atoms with van der Waals surface area (Å²) in [6.45, 7) is 2.19. The molecule has 0 bridgehead atoms. The molecule has 1 saturated carbocycles. The average Bonchev–Trinajstić information content (AvgIpc) is 2.87. The van der Waals surface area contributed by atoms with Crippen LogP contribution in [0.2, 0.25) is 0 Å². The van der Waals surface area contributed by atoms with Crippen LogP contribution in [0.15, 0.2) is 66.7 Å². The van der Waals surface area contributed by atoms with Gasteiger partial charge in [0.05, 0.1) is 11.1 Å². The Bertz CT molecular complexity index is 1180. The standard InChI is InChI=1S/C30H30F6O/c1-2-3-6-20-9-11-21(12-10-20)22-13-16-24(17-14-22)30(35,36)37-28-8-5-4-7-25(28)23-15-18-26(27(31)19-23)29(32,33)34/h4-5,7-8,13-21H,2-3,6,9-12H2,1H3. The monoisotopic (exact) mass is 520 g/mol. The lowest BCUT2D eigenvalue weighted by atomic mass is 9.77. The van der Waals surface area contributed by atoms with Crippen LogP contribution in [-0.2, 0) is 12.3 Å². The first-order valence-electron chi connectivity index (χ1n) is 12.7. The van der Waals surface area contributed by atoms with Crippen molar-refractivity contribution in [1.29, 1.82) is 0 Å². The molecular weight excluding hydrogens is 490 g/mol. The molecule has 0 unspecified atom stereocenters. The SMILES string of the molecule is CCCCC1CCC(c2ccc(C(F)(F)Oc3ccccc3-c3ccc(C(F)(F)F)c(F)c3)cc2)CC1. The molecule has 0 heterocycles. The summed E-state index contributed by atoms with van der Waals surface area (Å²) in [5.41, 5.74) is -0.655. The van der Waals surface area contributed by atoms with Gasteiger partial charge in [0, 0.05) is 5.56 Å². The number of hydrogen-bond donors (Lipinski definition) is 0. The van der Waals surface area contributed by atoms with E-state index in [0.717, 1.165) is 43.2 Å². The van der Waals surface area contributed by atoms with E-state index in [-0.39, 0.29) is 22.4 Å². The summed E-state index contributed by atoms with van der Waals surface area (Å²) in [6, 6.07) is 14.1. The zero-order valence-electron chi connectivity index (χ0n) is 20.6. The zero-order valence-corrected chi connectivity index (χ0v) is 20.6. The van der Waals surface area contributed by atoms with Gasteiger partial charge in [-0.3, -0.25) is 0 Å². The van der Waals surface area contributed by atoms with Gasteiger partial charge < -0.3 is 4.74 Å². The van der Waals surface area contributed by atoms with E-state index in [0.29, 0.717) is 18.1 Å². The normalized spacial score (nSPS) is 18.6. The lowest BCUT2D eigenvalue weighted by Crippen LogP contribution is -2.22. The zero-order chi connectivity index (χ0) is 26.6. The van der Waals surface area contributed by atoms with Crippen molar-refractivity contribution in [2.45, 2.75) is 70.1 Å². The summed E-state index contributed by atoms with van der Waals surface area (Å²) in [6.07, 6.45) is -0.426. The van der Waals surface area contributed by atoms with Crippen molar-refractivity contribution in [3.05, 3.63) is 89.2 Å². The van der Waals surface area contributed by atoms with E-state index in [1.165, 1.54) is 55.7 Å². The van der Waals surface area contributed by atoms with Crippen molar-refractivity contribution in [2.24, 2.45) is 5.92 Å². The molecule has 0 radical (unpaired) electrons. The molecule has 37 heavy (non-hydrogen) atoms. The molecular formula is C30H30F6O. The molecule has 1 nitrogen and oxygen atoms in total. The lowest BCUT2D eigenvalue weighted by molar-refractivity contribution is -0.185. The number of para-hydroxylation sites is 1. The van der Waals surface area contributed by atoms with E-state index in [1.54, 1.807) is 12.1 Å². The number of benzene rings is 3. The van der Waals surface area contributed by atoms with Gasteiger partial charge in [-0.1, -0.05) is 62.6 Å². The van der Waals surface area contributed by atoms with Crippen molar-refractivity contribution >= 4 is 0 Å². The molecule has 3 aromatic rings. The quantitative estimate of drug-likeness (QED) is 0.269. The molecule has 7 heteroatoms. The number of unbranched alkanes of at least 4 members (excludes halogenated alkanes) is 1. The van der Waals surface area contributed by atoms with Crippen LogP contribution in [0.3, 0.4) is 0 Å². The Morgan fingerprint density at radius 3 is 2.14 bits per heavy atom. The minimum Gasteiger partial charge on any atom is -0.428 e. The Labute approximate surface area is 213 Å². The second kappa shape index (κ2) is 11.2. The van der Waals surface area contributed by atoms with Crippen molar-refractivity contribution < 1.29 is 31.1 Å². The van der Waals surface area contributed by atoms with Gasteiger partial charge in [0.25, 0.3) is 0 Å². The largest absolute Gasteiger partial charge is 0.428 e. The molecule has 0 N–H and O–H groups in total. The smallest absolute Gasteiger partial charge is 0.426 e. The van der Waals surface area contributed by atoms with Crippen molar-refractivity contribution in [2.75, 3.05) is 0 Å². The Morgan fingerprint density at radius 2 is 1.51 bits per heavy atom. The summed E-state index contributed by atoms with van der Waals surface area (Å²) in [4.78, 5) is 0. The summed E-state index contributed by atoms with van der Waals surface area (Å²) < 4.78 is 88.2. The summed E-state index contributed by atoms with van der Waals surface area (Å²) in [5, 5.41) is 0. The number of alkyl halides is 5. The van der Waals surface area contributed by atoms with Crippen LogP contribution in [0.5, 0.6) is 5.75 Å². The van der Waals surface area contributed by atoms with E-state index in [9.17, 15) is 17.6 Å². The van der Waals surface area contributed by atoms with Crippen molar-refractivity contribution in [1.82, 2.24) is 0 Å². The molecule has 1 aliphatic carbocycles. The second-order valence-electron chi connectivity index (χ2n) is 9.79. The summed E-state index contributed by atoms with van der Waals surface area (Å²) in [7, 11) is 0. The fourth-order valence-electron chi connectivity index (χ4n) is 5.13. The molecule has 0 aromatic heterocycles. The van der Waals surface area contributed by atoms with E-state index < -0.39 is 23.7 Å². The van der Waals surface area contributed by atoms with Crippen LogP contribution in [-0.4, -0.2) is 0 Å². The van der Waals surface area contributed by atoms with Gasteiger partial charge in [-0.15, -0.1) is 0 Å². The number of hydrogen-bond acceptors (Lipinski definition) is 1. The Balaban J connectivity index is 1.49. The van der Waals surface area contributed by atoms with Gasteiger partial charge in [-0.25, -0.2) is 4.39 Å². The first-order chi connectivity index (χ1) is 17.6. The minimum atomic E-state index is -4.85. The van der Waals surface area contributed by atoms with Crippen LogP contribution < -0.4 is 4.74 Å². The molecule has 0 amide bonds. The topological polar surface area (TPSA) is 9.23 Å². The molecule has 3 aromatic carbocycles. The Morgan fingerprint density at radius 1 is 0.838 bits per heavy atom. The fourth-order valence-corrected chi connectivity index (χ4v) is 5.13. The molecule has 0 saturated heterocycles. The molecule has 0 spiro atoms. The van der Waals surface area contributed by atoms with E-state index in [4.69, 9.17) is 4.74 Å². The maximum Gasteiger partial charge on any atom is 0.426 e. The molecule has 4 rings (SSSR count). The second-order valence-corrected chi connectivity index (χ2v) is 9.79. The first-order valence-corrected chi connectivity index (χ1v) is 12.7. The average molecular weight is 521 g/mol. The Kier molecular flexibility index (Phi) is 8.20. The molecule has 0 atom stereocenters. The summed E-state index contributed by atoms with van der Waals surface area (Å²) in [5.74, 6) is -0.633. The Hall–Kier alpha value is -2.96. The first kappa shape index (κ1) is 27.1. The van der Waals surface area contributed by atoms with E-state index in [2.05, 4.69) is 6.92 Å². The van der Waals surface area contributed by atoms with Crippen molar-refractivity contribution in [3.8, 4) is 16.9 Å². The third-order valence-corrected chi connectivity index (χ3v) is 7.24. The van der Waals surface area contributed by atoms with Gasteiger partial charge >= 0.3 is 12.3 Å². The fraction of sp³-hybridized carbons (Fsp3) is 0.400. The van der Waals surface area contributed by atoms with Gasteiger partial charge in [0.1, 0.15) is 11.6 Å². The number of ether oxygens (including phenoxy) is 1. The van der Waals surface area contributed by atoms with Crippen LogP contribution >= 0.6 is 0 Å². The molecule has 1 fully saturated rings. The third-order valence-electron chi connectivity index (χ3n) is 7.24. The van der Waals surface area contributed by atoms with Gasteiger partial charge in [0.2, 0.25) is 0 Å².